The van der Waals surface area contributed by atoms with E-state index < -0.39 is 0 Å². The predicted octanol–water partition coefficient (Wildman–Crippen LogP) is 5.26. The van der Waals surface area contributed by atoms with Crippen molar-refractivity contribution in [2.45, 2.75) is 12.5 Å². The maximum Gasteiger partial charge on any atom is 0.145 e. The van der Waals surface area contributed by atoms with Gasteiger partial charge in [-0.3, -0.25) is 9.97 Å². The van der Waals surface area contributed by atoms with Crippen LogP contribution in [0.3, 0.4) is 0 Å². The molecule has 0 bridgehead atoms. The van der Waals surface area contributed by atoms with Gasteiger partial charge in [-0.2, -0.15) is 5.26 Å². The molecular formula is C28H23N5O. The molecule has 0 unspecified atom stereocenters. The van der Waals surface area contributed by atoms with E-state index >= 15 is 0 Å². The van der Waals surface area contributed by atoms with Crippen LogP contribution in [-0.2, 0) is 6.42 Å². The molecule has 0 amide bonds. The second-order valence-corrected chi connectivity index (χ2v) is 8.13. The van der Waals surface area contributed by atoms with Crippen molar-refractivity contribution in [1.82, 2.24) is 15.0 Å². The van der Waals surface area contributed by atoms with Gasteiger partial charge in [-0.05, 0) is 47.2 Å². The molecule has 0 aliphatic rings. The third-order valence-corrected chi connectivity index (χ3v) is 5.84. The maximum atomic E-state index is 9.15. The number of rotatable bonds is 7. The molecule has 6 nitrogen and oxygen atoms in total. The van der Waals surface area contributed by atoms with E-state index in [1.54, 1.807) is 24.7 Å². The normalized spacial score (nSPS) is 12.2. The van der Waals surface area contributed by atoms with Gasteiger partial charge >= 0.3 is 0 Å². The lowest BCUT2D eigenvalue weighted by atomic mass is 9.98. The summed E-state index contributed by atoms with van der Waals surface area (Å²) in [5.41, 5.74) is 11.3. The van der Waals surface area contributed by atoms with E-state index in [1.165, 1.54) is 11.5 Å². The lowest BCUT2D eigenvalue weighted by molar-refractivity contribution is 0.286. The number of allylic oxidation sites excluding steroid dienone is 1. The summed E-state index contributed by atoms with van der Waals surface area (Å²) in [6.07, 6.45) is 13.0. The zero-order chi connectivity index (χ0) is 23.3. The quantitative estimate of drug-likeness (QED) is 0.333. The molecule has 0 radical (unpaired) electrons. The summed E-state index contributed by atoms with van der Waals surface area (Å²) in [4.78, 5) is 11.9. The number of hydrogen-bond donors (Lipinski definition) is 2. The first-order valence-corrected chi connectivity index (χ1v) is 11.0. The van der Waals surface area contributed by atoms with Gasteiger partial charge in [-0.1, -0.05) is 30.3 Å². The first-order chi connectivity index (χ1) is 16.7. The number of fused-ring (bicyclic) bond motifs is 2. The highest BCUT2D eigenvalue weighted by Crippen LogP contribution is 2.33. The highest BCUT2D eigenvalue weighted by atomic mass is 16.5. The molecule has 3 heterocycles. The number of hydrogen-bond acceptors (Lipinski definition) is 5. The van der Waals surface area contributed by atoms with Crippen molar-refractivity contribution in [3.05, 3.63) is 96.7 Å². The smallest absolute Gasteiger partial charge is 0.145 e. The van der Waals surface area contributed by atoms with Gasteiger partial charge in [0, 0.05) is 64.3 Å². The Bertz CT molecular complexity index is 1530. The van der Waals surface area contributed by atoms with Gasteiger partial charge in [0.2, 0.25) is 0 Å². The Morgan fingerprint density at radius 1 is 1.06 bits per heavy atom. The van der Waals surface area contributed by atoms with Crippen LogP contribution in [0, 0.1) is 11.3 Å². The summed E-state index contributed by atoms with van der Waals surface area (Å²) in [7, 11) is 0. The lowest BCUT2D eigenvalue weighted by Gasteiger charge is -2.16. The van der Waals surface area contributed by atoms with E-state index in [0.717, 1.165) is 38.5 Å². The number of H-pyrrole nitrogens is 1. The standard InChI is InChI=1S/C28H23N5O/c29-10-3-5-25-26(20-7-8-21-14-31-11-9-19(21)12-20)16-32-17-28(25)34-18-23(30)13-22-15-33-27-6-2-1-4-24(22)27/h1-9,11-12,14-17,23,33H,13,18,30H2/b5-3+/t23-/m0/s1. The number of nitrogens with zero attached hydrogens (tertiary/aromatic N) is 3. The van der Waals surface area contributed by atoms with Crippen molar-refractivity contribution in [1.29, 1.82) is 5.26 Å². The van der Waals surface area contributed by atoms with E-state index in [2.05, 4.69) is 39.2 Å². The lowest BCUT2D eigenvalue weighted by Crippen LogP contribution is -2.30. The van der Waals surface area contributed by atoms with Crippen molar-refractivity contribution in [3.8, 4) is 22.9 Å². The Balaban J connectivity index is 1.40. The van der Waals surface area contributed by atoms with Gasteiger partial charge in [0.05, 0.1) is 12.3 Å². The highest BCUT2D eigenvalue weighted by Gasteiger charge is 2.14. The number of para-hydroxylation sites is 1. The Labute approximate surface area is 197 Å². The summed E-state index contributed by atoms with van der Waals surface area (Å²) in [6.45, 7) is 0.321. The van der Waals surface area contributed by atoms with Gasteiger partial charge < -0.3 is 15.5 Å². The van der Waals surface area contributed by atoms with E-state index in [-0.39, 0.29) is 6.04 Å². The first kappa shape index (κ1) is 21.4. The number of aromatic amines is 1. The number of ether oxygens (including phenoxy) is 1. The highest BCUT2D eigenvalue weighted by molar-refractivity contribution is 5.89. The summed E-state index contributed by atoms with van der Waals surface area (Å²) in [6, 6.07) is 18.2. The molecule has 166 valence electrons. The van der Waals surface area contributed by atoms with Crippen LogP contribution >= 0.6 is 0 Å². The molecule has 34 heavy (non-hydrogen) atoms. The average Bonchev–Trinajstić information content (AvgIpc) is 3.28. The molecule has 0 aliphatic heterocycles. The number of nitrogens with one attached hydrogen (secondary N) is 1. The van der Waals surface area contributed by atoms with Gasteiger partial charge in [0.25, 0.3) is 0 Å². The molecule has 0 saturated carbocycles. The number of pyridine rings is 2. The molecule has 5 rings (SSSR count). The monoisotopic (exact) mass is 445 g/mol. The van der Waals surface area contributed by atoms with Crippen molar-refractivity contribution in [2.75, 3.05) is 6.61 Å². The summed E-state index contributed by atoms with van der Waals surface area (Å²) in [5.74, 6) is 0.591. The minimum atomic E-state index is -0.205. The molecule has 1 atom stereocenters. The molecule has 6 heteroatoms. The van der Waals surface area contributed by atoms with Crippen LogP contribution in [-0.4, -0.2) is 27.6 Å². The van der Waals surface area contributed by atoms with Crippen LogP contribution in [0.1, 0.15) is 11.1 Å². The van der Waals surface area contributed by atoms with Crippen LogP contribution in [0.25, 0.3) is 38.9 Å². The second-order valence-electron chi connectivity index (χ2n) is 8.13. The van der Waals surface area contributed by atoms with Crippen LogP contribution in [0.15, 0.2) is 85.6 Å². The van der Waals surface area contributed by atoms with Gasteiger partial charge in [-0.25, -0.2) is 0 Å². The Kier molecular flexibility index (Phi) is 6.02. The zero-order valence-electron chi connectivity index (χ0n) is 18.5. The molecule has 0 aliphatic carbocycles. The number of aromatic nitrogens is 3. The topological polar surface area (TPSA) is 101 Å². The minimum Gasteiger partial charge on any atom is -0.490 e. The largest absolute Gasteiger partial charge is 0.490 e. The molecular weight excluding hydrogens is 422 g/mol. The third kappa shape index (κ3) is 4.38. The Morgan fingerprint density at radius 2 is 1.97 bits per heavy atom. The fraction of sp³-hybridized carbons (Fsp3) is 0.107. The molecule has 3 aromatic heterocycles. The van der Waals surface area contributed by atoms with Crippen molar-refractivity contribution in [2.24, 2.45) is 5.73 Å². The van der Waals surface area contributed by atoms with E-state index in [4.69, 9.17) is 15.7 Å². The van der Waals surface area contributed by atoms with Crippen molar-refractivity contribution < 1.29 is 4.74 Å². The number of nitriles is 1. The third-order valence-electron chi connectivity index (χ3n) is 5.84. The van der Waals surface area contributed by atoms with E-state index in [1.807, 2.05) is 42.7 Å². The maximum absolute atomic E-state index is 9.15. The summed E-state index contributed by atoms with van der Waals surface area (Å²) < 4.78 is 6.14. The molecule has 0 spiro atoms. The van der Waals surface area contributed by atoms with Crippen LogP contribution < -0.4 is 10.5 Å². The summed E-state index contributed by atoms with van der Waals surface area (Å²) in [5, 5.41) is 12.5. The fourth-order valence-electron chi connectivity index (χ4n) is 4.18. The van der Waals surface area contributed by atoms with Gasteiger partial charge in [0.15, 0.2) is 0 Å². The first-order valence-electron chi connectivity index (χ1n) is 11.0. The van der Waals surface area contributed by atoms with E-state index in [9.17, 15) is 0 Å². The van der Waals surface area contributed by atoms with Crippen LogP contribution in [0.2, 0.25) is 0 Å². The predicted molar refractivity (Wildman–Crippen MR) is 135 cm³/mol. The Morgan fingerprint density at radius 3 is 2.88 bits per heavy atom. The molecule has 3 N–H and O–H groups in total. The molecule has 0 fully saturated rings. The molecule has 2 aromatic carbocycles. The van der Waals surface area contributed by atoms with Crippen LogP contribution in [0.5, 0.6) is 5.75 Å². The van der Waals surface area contributed by atoms with E-state index in [0.29, 0.717) is 18.8 Å². The second kappa shape index (κ2) is 9.57. The number of nitrogens with two attached hydrogens (primary N) is 1. The van der Waals surface area contributed by atoms with Crippen LogP contribution in [0.4, 0.5) is 0 Å². The zero-order valence-corrected chi connectivity index (χ0v) is 18.5. The molecule has 5 aromatic rings. The average molecular weight is 446 g/mol. The minimum absolute atomic E-state index is 0.205. The van der Waals surface area contributed by atoms with Gasteiger partial charge in [0.1, 0.15) is 12.4 Å². The SMILES string of the molecule is N#C/C=C/c1c(OC[C@@H](N)Cc2c[nH]c3ccccc23)cncc1-c1ccc2cnccc2c1. The van der Waals surface area contributed by atoms with Gasteiger partial charge in [-0.15, -0.1) is 0 Å². The number of benzene rings is 2. The summed E-state index contributed by atoms with van der Waals surface area (Å²) >= 11 is 0. The Hall–Kier alpha value is -4.47. The fourth-order valence-corrected chi connectivity index (χ4v) is 4.18. The van der Waals surface area contributed by atoms with Crippen molar-refractivity contribution >= 4 is 27.8 Å². The van der Waals surface area contributed by atoms with Crippen molar-refractivity contribution in [3.63, 3.8) is 0 Å². The molecule has 0 saturated heterocycles.